The summed E-state index contributed by atoms with van der Waals surface area (Å²) in [5.41, 5.74) is 3.37. The third-order valence-corrected chi connectivity index (χ3v) is 9.68. The Morgan fingerprint density at radius 1 is 0.905 bits per heavy atom. The molecule has 226 valence electrons. The average molecular weight is 633 g/mol. The van der Waals surface area contributed by atoms with Crippen molar-refractivity contribution in [1.29, 1.82) is 0 Å². The van der Waals surface area contributed by atoms with Crippen LogP contribution in [0.15, 0.2) is 65.6 Å². The van der Waals surface area contributed by atoms with Crippen LogP contribution in [0, 0.1) is 26.7 Å². The van der Waals surface area contributed by atoms with Gasteiger partial charge in [0.2, 0.25) is 11.8 Å². The van der Waals surface area contributed by atoms with Gasteiger partial charge in [0.15, 0.2) is 0 Å². The number of nitrogens with zero attached hydrogens (tertiary/aromatic N) is 2. The number of rotatable bonds is 12. The molecule has 0 aliphatic heterocycles. The highest BCUT2D eigenvalue weighted by Crippen LogP contribution is 2.31. The molecular formula is C32H39Cl2N3O4S. The van der Waals surface area contributed by atoms with E-state index in [1.54, 1.807) is 49.4 Å². The van der Waals surface area contributed by atoms with Crippen molar-refractivity contribution in [3.63, 3.8) is 0 Å². The zero-order valence-corrected chi connectivity index (χ0v) is 27.3. The van der Waals surface area contributed by atoms with Gasteiger partial charge in [-0.3, -0.25) is 13.9 Å². The van der Waals surface area contributed by atoms with Gasteiger partial charge in [-0.25, -0.2) is 8.42 Å². The lowest BCUT2D eigenvalue weighted by atomic mass is 10.1. The largest absolute Gasteiger partial charge is 0.354 e. The van der Waals surface area contributed by atoms with E-state index >= 15 is 0 Å². The summed E-state index contributed by atoms with van der Waals surface area (Å²) in [6.45, 7) is 11.2. The lowest BCUT2D eigenvalue weighted by Crippen LogP contribution is -2.52. The molecule has 0 unspecified atom stereocenters. The number of nitrogens with one attached hydrogen (secondary N) is 1. The highest BCUT2D eigenvalue weighted by molar-refractivity contribution is 7.92. The van der Waals surface area contributed by atoms with Gasteiger partial charge >= 0.3 is 0 Å². The molecule has 1 atom stereocenters. The van der Waals surface area contributed by atoms with Crippen molar-refractivity contribution >= 4 is 50.7 Å². The summed E-state index contributed by atoms with van der Waals surface area (Å²) in [4.78, 5) is 29.1. The van der Waals surface area contributed by atoms with Crippen LogP contribution < -0.4 is 9.62 Å². The third-order valence-electron chi connectivity index (χ3n) is 7.19. The van der Waals surface area contributed by atoms with Crippen LogP contribution in [-0.2, 0) is 26.2 Å². The van der Waals surface area contributed by atoms with Gasteiger partial charge in [0.1, 0.15) is 12.6 Å². The molecule has 0 aliphatic rings. The van der Waals surface area contributed by atoms with E-state index in [2.05, 4.69) is 5.32 Å². The summed E-state index contributed by atoms with van der Waals surface area (Å²) in [6.07, 6.45) is 0.298. The molecule has 10 heteroatoms. The van der Waals surface area contributed by atoms with E-state index in [9.17, 15) is 18.0 Å². The summed E-state index contributed by atoms with van der Waals surface area (Å²) >= 11 is 13.0. The Morgan fingerprint density at radius 3 is 2.07 bits per heavy atom. The Balaban J connectivity index is 2.13. The van der Waals surface area contributed by atoms with E-state index in [-0.39, 0.29) is 23.3 Å². The molecule has 0 saturated carbocycles. The van der Waals surface area contributed by atoms with Crippen LogP contribution >= 0.6 is 23.2 Å². The molecule has 42 heavy (non-hydrogen) atoms. The molecule has 1 N–H and O–H groups in total. The zero-order chi connectivity index (χ0) is 31.2. The van der Waals surface area contributed by atoms with Gasteiger partial charge in [-0.1, -0.05) is 79.9 Å². The number of carbonyl (C=O) groups is 2. The molecule has 0 fully saturated rings. The molecule has 0 aromatic heterocycles. The third kappa shape index (κ3) is 7.85. The molecule has 0 spiro atoms. The Labute approximate surface area is 259 Å². The maximum absolute atomic E-state index is 14.3. The SMILES string of the molecule is CC[C@H](C(=O)NCC(C)C)N(Cc1c(Cl)cccc1Cl)C(=O)CN(c1cccc(C)c1C)S(=O)(=O)c1ccc(C)cc1. The fourth-order valence-corrected chi connectivity index (χ4v) is 6.54. The van der Waals surface area contributed by atoms with E-state index in [4.69, 9.17) is 23.2 Å². The predicted molar refractivity (Wildman–Crippen MR) is 171 cm³/mol. The molecule has 3 aromatic carbocycles. The number of aryl methyl sites for hydroxylation is 2. The average Bonchev–Trinajstić information content (AvgIpc) is 2.93. The van der Waals surface area contributed by atoms with Crippen molar-refractivity contribution in [2.75, 3.05) is 17.4 Å². The summed E-state index contributed by atoms with van der Waals surface area (Å²) in [5.74, 6) is -0.690. The number of hydrogen-bond acceptors (Lipinski definition) is 4. The first-order chi connectivity index (χ1) is 19.8. The molecule has 3 rings (SSSR count). The highest BCUT2D eigenvalue weighted by atomic mass is 35.5. The number of hydrogen-bond donors (Lipinski definition) is 1. The molecule has 7 nitrogen and oxygen atoms in total. The van der Waals surface area contributed by atoms with Crippen molar-refractivity contribution in [2.24, 2.45) is 5.92 Å². The monoisotopic (exact) mass is 631 g/mol. The number of sulfonamides is 1. The van der Waals surface area contributed by atoms with Gasteiger partial charge in [-0.05, 0) is 74.6 Å². The zero-order valence-electron chi connectivity index (χ0n) is 24.9. The second kappa shape index (κ2) is 14.4. The molecule has 3 aromatic rings. The van der Waals surface area contributed by atoms with Crippen LogP contribution in [0.5, 0.6) is 0 Å². The minimum Gasteiger partial charge on any atom is -0.354 e. The van der Waals surface area contributed by atoms with Gasteiger partial charge in [0.25, 0.3) is 10.0 Å². The minimum atomic E-state index is -4.17. The van der Waals surface area contributed by atoms with Crippen LogP contribution in [0.1, 0.15) is 49.4 Å². The van der Waals surface area contributed by atoms with E-state index < -0.39 is 28.5 Å². The van der Waals surface area contributed by atoms with E-state index in [0.717, 1.165) is 21.0 Å². The van der Waals surface area contributed by atoms with Crippen molar-refractivity contribution in [2.45, 2.75) is 65.4 Å². The molecular weight excluding hydrogens is 593 g/mol. The lowest BCUT2D eigenvalue weighted by molar-refractivity contribution is -0.140. The van der Waals surface area contributed by atoms with Crippen LogP contribution in [0.2, 0.25) is 10.0 Å². The first-order valence-electron chi connectivity index (χ1n) is 13.9. The quantitative estimate of drug-likeness (QED) is 0.241. The first-order valence-corrected chi connectivity index (χ1v) is 16.1. The van der Waals surface area contributed by atoms with E-state index in [1.807, 2.05) is 40.7 Å². The van der Waals surface area contributed by atoms with Gasteiger partial charge < -0.3 is 10.2 Å². The van der Waals surface area contributed by atoms with E-state index in [1.165, 1.54) is 17.0 Å². The first kappa shape index (κ1) is 33.4. The van der Waals surface area contributed by atoms with Crippen LogP contribution in [0.3, 0.4) is 0 Å². The molecule has 0 radical (unpaired) electrons. The summed E-state index contributed by atoms with van der Waals surface area (Å²) < 4.78 is 29.4. The summed E-state index contributed by atoms with van der Waals surface area (Å²) in [6, 6.07) is 16.0. The Hall–Kier alpha value is -3.07. The topological polar surface area (TPSA) is 86.8 Å². The van der Waals surface area contributed by atoms with Crippen molar-refractivity contribution < 1.29 is 18.0 Å². The number of amides is 2. The smallest absolute Gasteiger partial charge is 0.264 e. The van der Waals surface area contributed by atoms with Gasteiger partial charge in [-0.2, -0.15) is 0 Å². The lowest BCUT2D eigenvalue weighted by Gasteiger charge is -2.34. The van der Waals surface area contributed by atoms with Gasteiger partial charge in [-0.15, -0.1) is 0 Å². The van der Waals surface area contributed by atoms with Crippen LogP contribution in [0.4, 0.5) is 5.69 Å². The number of benzene rings is 3. The Kier molecular flexibility index (Phi) is 11.5. The maximum Gasteiger partial charge on any atom is 0.264 e. The number of carbonyl (C=O) groups excluding carboxylic acids is 2. The summed E-state index contributed by atoms with van der Waals surface area (Å²) in [5, 5.41) is 3.60. The fraction of sp³-hybridized carbons (Fsp3) is 0.375. The van der Waals surface area contributed by atoms with Crippen molar-refractivity contribution in [1.82, 2.24) is 10.2 Å². The number of halogens is 2. The Morgan fingerprint density at radius 2 is 1.50 bits per heavy atom. The van der Waals surface area contributed by atoms with Crippen molar-refractivity contribution in [3.05, 3.63) is 93.0 Å². The fourth-order valence-electron chi connectivity index (χ4n) is 4.55. The molecule has 0 bridgehead atoms. The highest BCUT2D eigenvalue weighted by Gasteiger charge is 2.35. The van der Waals surface area contributed by atoms with E-state index in [0.29, 0.717) is 34.3 Å². The van der Waals surface area contributed by atoms with Crippen molar-refractivity contribution in [3.8, 4) is 0 Å². The van der Waals surface area contributed by atoms with Gasteiger partial charge in [0.05, 0.1) is 10.6 Å². The molecule has 0 heterocycles. The second-order valence-corrected chi connectivity index (χ2v) is 13.5. The predicted octanol–water partition coefficient (Wildman–Crippen LogP) is 6.69. The standard InChI is InChI=1S/C32H39Cl2N3O4S/c1-7-29(32(39)35-18-21(2)3)36(19-26-27(33)11-9-12-28(26)34)31(38)20-37(30-13-8-10-23(5)24(30)6)42(40,41)25-16-14-22(4)15-17-25/h8-17,21,29H,7,18-20H2,1-6H3,(H,35,39)/t29-/m1/s1. The Bertz CT molecular complexity index is 1500. The number of anilines is 1. The van der Waals surface area contributed by atoms with Gasteiger partial charge in [0, 0.05) is 28.7 Å². The molecule has 2 amide bonds. The maximum atomic E-state index is 14.3. The van der Waals surface area contributed by atoms with Crippen LogP contribution in [0.25, 0.3) is 0 Å². The molecule has 0 aliphatic carbocycles. The summed E-state index contributed by atoms with van der Waals surface area (Å²) in [7, 11) is -4.17. The second-order valence-electron chi connectivity index (χ2n) is 10.8. The normalized spacial score (nSPS) is 12.2. The minimum absolute atomic E-state index is 0.0595. The molecule has 0 saturated heterocycles. The van der Waals surface area contributed by atoms with Crippen LogP contribution in [-0.4, -0.2) is 44.3 Å².